The van der Waals surface area contributed by atoms with E-state index >= 15 is 0 Å². The molecule has 0 amide bonds. The van der Waals surface area contributed by atoms with E-state index in [4.69, 9.17) is 5.73 Å². The number of anilines is 2. The molecular formula is C11H17BrN4O. The van der Waals surface area contributed by atoms with Gasteiger partial charge in [-0.2, -0.15) is 0 Å². The number of hydrogen-bond donors (Lipinski definition) is 2. The van der Waals surface area contributed by atoms with E-state index in [1.807, 2.05) is 11.9 Å². The maximum absolute atomic E-state index is 10.4. The largest absolute Gasteiger partial charge is 0.388 e. The monoisotopic (exact) mass is 300 g/mol. The molecule has 1 aromatic rings. The van der Waals surface area contributed by atoms with Crippen molar-refractivity contribution in [2.24, 2.45) is 0 Å². The molecule has 0 aliphatic heterocycles. The number of likely N-dealkylation sites (N-methyl/N-ethyl adjacent to an activating group) is 1. The molecule has 0 unspecified atom stereocenters. The quantitative estimate of drug-likeness (QED) is 0.886. The molecule has 0 bridgehead atoms. The van der Waals surface area contributed by atoms with Gasteiger partial charge in [0.15, 0.2) is 0 Å². The fraction of sp³-hybridized carbons (Fsp3) is 0.636. The molecular weight excluding hydrogens is 284 g/mol. The Bertz CT molecular complexity index is 406. The first-order valence-electron chi connectivity index (χ1n) is 5.71. The Morgan fingerprint density at radius 1 is 1.47 bits per heavy atom. The van der Waals surface area contributed by atoms with Gasteiger partial charge in [-0.25, -0.2) is 9.97 Å². The highest BCUT2D eigenvalue weighted by molar-refractivity contribution is 9.10. The van der Waals surface area contributed by atoms with Crippen LogP contribution in [0.3, 0.4) is 0 Å². The van der Waals surface area contributed by atoms with E-state index in [0.717, 1.165) is 31.5 Å². The van der Waals surface area contributed by atoms with Crippen LogP contribution in [-0.2, 0) is 0 Å². The summed E-state index contributed by atoms with van der Waals surface area (Å²) in [4.78, 5) is 10.0. The minimum Gasteiger partial charge on any atom is -0.388 e. The maximum Gasteiger partial charge on any atom is 0.148 e. The Kier molecular flexibility index (Phi) is 3.53. The SMILES string of the molecule is CN(CC1(O)CCCC1)c1ncnc(N)c1Br. The number of nitrogen functional groups attached to an aromatic ring is 1. The van der Waals surface area contributed by atoms with E-state index in [9.17, 15) is 5.11 Å². The second-order valence-electron chi connectivity index (χ2n) is 4.68. The predicted molar refractivity (Wildman–Crippen MR) is 70.8 cm³/mol. The summed E-state index contributed by atoms with van der Waals surface area (Å²) in [6, 6.07) is 0. The molecule has 17 heavy (non-hydrogen) atoms. The number of halogens is 1. The molecule has 1 heterocycles. The van der Waals surface area contributed by atoms with E-state index in [-0.39, 0.29) is 0 Å². The van der Waals surface area contributed by atoms with Gasteiger partial charge in [-0.3, -0.25) is 0 Å². The molecule has 0 radical (unpaired) electrons. The van der Waals surface area contributed by atoms with Gasteiger partial charge in [0.1, 0.15) is 22.4 Å². The van der Waals surface area contributed by atoms with Crippen LogP contribution in [0, 0.1) is 0 Å². The van der Waals surface area contributed by atoms with Gasteiger partial charge in [-0.05, 0) is 28.8 Å². The van der Waals surface area contributed by atoms with Crippen LogP contribution in [-0.4, -0.2) is 34.3 Å². The Morgan fingerprint density at radius 2 is 2.12 bits per heavy atom. The summed E-state index contributed by atoms with van der Waals surface area (Å²) in [5.74, 6) is 1.14. The number of aliphatic hydroxyl groups is 1. The average molecular weight is 301 g/mol. The molecule has 1 aromatic heterocycles. The van der Waals surface area contributed by atoms with Crippen LogP contribution in [0.2, 0.25) is 0 Å². The predicted octanol–water partition coefficient (Wildman–Crippen LogP) is 1.56. The van der Waals surface area contributed by atoms with Gasteiger partial charge in [-0.1, -0.05) is 12.8 Å². The minimum atomic E-state index is -0.589. The standard InChI is InChI=1S/C11H17BrN4O/c1-16(6-11(17)4-2-3-5-11)10-8(12)9(13)14-7-15-10/h7,17H,2-6H2,1H3,(H2,13,14,15). The summed E-state index contributed by atoms with van der Waals surface area (Å²) in [5.41, 5.74) is 5.12. The van der Waals surface area contributed by atoms with E-state index in [2.05, 4.69) is 25.9 Å². The zero-order chi connectivity index (χ0) is 12.5. The third-order valence-electron chi connectivity index (χ3n) is 3.23. The van der Waals surface area contributed by atoms with Crippen LogP contribution >= 0.6 is 15.9 Å². The van der Waals surface area contributed by atoms with Crippen molar-refractivity contribution in [3.8, 4) is 0 Å². The van der Waals surface area contributed by atoms with Gasteiger partial charge in [-0.15, -0.1) is 0 Å². The first-order valence-corrected chi connectivity index (χ1v) is 6.51. The van der Waals surface area contributed by atoms with Gasteiger partial charge in [0.05, 0.1) is 5.60 Å². The molecule has 1 fully saturated rings. The van der Waals surface area contributed by atoms with Gasteiger partial charge in [0.2, 0.25) is 0 Å². The zero-order valence-electron chi connectivity index (χ0n) is 9.86. The first-order chi connectivity index (χ1) is 8.02. The minimum absolute atomic E-state index is 0.417. The van der Waals surface area contributed by atoms with Crippen LogP contribution in [0.25, 0.3) is 0 Å². The third kappa shape index (κ3) is 2.69. The maximum atomic E-state index is 10.4. The zero-order valence-corrected chi connectivity index (χ0v) is 11.4. The van der Waals surface area contributed by atoms with Gasteiger partial charge in [0, 0.05) is 13.6 Å². The molecule has 1 aliphatic carbocycles. The normalized spacial score (nSPS) is 18.3. The Morgan fingerprint density at radius 3 is 2.76 bits per heavy atom. The summed E-state index contributed by atoms with van der Waals surface area (Å²) >= 11 is 3.37. The van der Waals surface area contributed by atoms with Crippen LogP contribution in [0.1, 0.15) is 25.7 Å². The topological polar surface area (TPSA) is 75.3 Å². The van der Waals surface area contributed by atoms with E-state index < -0.39 is 5.60 Å². The van der Waals surface area contributed by atoms with E-state index in [0.29, 0.717) is 16.8 Å². The molecule has 1 saturated carbocycles. The summed E-state index contributed by atoms with van der Waals surface area (Å²) < 4.78 is 0.684. The van der Waals surface area contributed by atoms with Crippen molar-refractivity contribution in [1.82, 2.24) is 9.97 Å². The number of aromatic nitrogens is 2. The third-order valence-corrected chi connectivity index (χ3v) is 3.99. The highest BCUT2D eigenvalue weighted by Gasteiger charge is 2.33. The fourth-order valence-electron chi connectivity index (χ4n) is 2.35. The fourth-order valence-corrected chi connectivity index (χ4v) is 2.85. The van der Waals surface area contributed by atoms with Crippen molar-refractivity contribution in [2.75, 3.05) is 24.2 Å². The first kappa shape index (κ1) is 12.6. The molecule has 5 nitrogen and oxygen atoms in total. The second-order valence-corrected chi connectivity index (χ2v) is 5.48. The van der Waals surface area contributed by atoms with Crippen molar-refractivity contribution in [1.29, 1.82) is 0 Å². The van der Waals surface area contributed by atoms with Crippen molar-refractivity contribution < 1.29 is 5.11 Å². The summed E-state index contributed by atoms with van der Waals surface area (Å²) in [5, 5.41) is 10.4. The number of nitrogens with zero attached hydrogens (tertiary/aromatic N) is 3. The highest BCUT2D eigenvalue weighted by atomic mass is 79.9. The Balaban J connectivity index is 2.14. The van der Waals surface area contributed by atoms with Crippen molar-refractivity contribution >= 4 is 27.6 Å². The van der Waals surface area contributed by atoms with E-state index in [1.54, 1.807) is 0 Å². The van der Waals surface area contributed by atoms with Crippen LogP contribution in [0.5, 0.6) is 0 Å². The molecule has 0 spiro atoms. The van der Waals surface area contributed by atoms with Crippen molar-refractivity contribution in [2.45, 2.75) is 31.3 Å². The highest BCUT2D eigenvalue weighted by Crippen LogP contribution is 2.33. The molecule has 2 rings (SSSR count). The van der Waals surface area contributed by atoms with Gasteiger partial charge < -0.3 is 15.7 Å². The van der Waals surface area contributed by atoms with Crippen molar-refractivity contribution in [3.63, 3.8) is 0 Å². The van der Waals surface area contributed by atoms with Crippen LogP contribution < -0.4 is 10.6 Å². The average Bonchev–Trinajstić information content (AvgIpc) is 2.68. The summed E-state index contributed by atoms with van der Waals surface area (Å²) in [6.07, 6.45) is 5.34. The number of nitrogens with two attached hydrogens (primary N) is 1. The number of hydrogen-bond acceptors (Lipinski definition) is 5. The molecule has 0 atom stereocenters. The summed E-state index contributed by atoms with van der Waals surface area (Å²) in [7, 11) is 1.91. The molecule has 3 N–H and O–H groups in total. The lowest BCUT2D eigenvalue weighted by Gasteiger charge is -2.29. The van der Waals surface area contributed by atoms with Gasteiger partial charge in [0.25, 0.3) is 0 Å². The molecule has 1 aliphatic rings. The number of rotatable bonds is 3. The molecule has 94 valence electrons. The van der Waals surface area contributed by atoms with Gasteiger partial charge >= 0.3 is 0 Å². The molecule has 0 aromatic carbocycles. The molecule has 0 saturated heterocycles. The Hall–Kier alpha value is -0.880. The van der Waals surface area contributed by atoms with E-state index in [1.165, 1.54) is 6.33 Å². The summed E-state index contributed by atoms with van der Waals surface area (Å²) in [6.45, 7) is 0.571. The smallest absolute Gasteiger partial charge is 0.148 e. The Labute approximate surface area is 109 Å². The lowest BCUT2D eigenvalue weighted by molar-refractivity contribution is 0.0557. The van der Waals surface area contributed by atoms with Crippen molar-refractivity contribution in [3.05, 3.63) is 10.8 Å². The lowest BCUT2D eigenvalue weighted by Crippen LogP contribution is -2.39. The van der Waals surface area contributed by atoms with Crippen LogP contribution in [0.15, 0.2) is 10.8 Å². The van der Waals surface area contributed by atoms with Crippen LogP contribution in [0.4, 0.5) is 11.6 Å². The second kappa shape index (κ2) is 4.78. The molecule has 6 heteroatoms. The lowest BCUT2D eigenvalue weighted by atomic mass is 10.0.